The molecule has 2 heterocycles. The number of para-hydroxylation sites is 2. The van der Waals surface area contributed by atoms with Crippen molar-refractivity contribution in [1.29, 1.82) is 0 Å². The van der Waals surface area contributed by atoms with Crippen molar-refractivity contribution in [1.82, 2.24) is 9.80 Å². The van der Waals surface area contributed by atoms with E-state index in [-0.39, 0.29) is 0 Å². The van der Waals surface area contributed by atoms with E-state index in [0.29, 0.717) is 5.02 Å². The van der Waals surface area contributed by atoms with E-state index in [4.69, 9.17) is 21.3 Å². The Labute approximate surface area is 140 Å². The van der Waals surface area contributed by atoms with Crippen LogP contribution in [0.2, 0.25) is 5.02 Å². The smallest absolute Gasteiger partial charge is 0.153 e. The predicted molar refractivity (Wildman–Crippen MR) is 93.2 cm³/mol. The topological polar surface area (TPSA) is 28.1 Å². The fourth-order valence-electron chi connectivity index (χ4n) is 2.98. The highest BCUT2D eigenvalue weighted by atomic mass is 35.5. The van der Waals surface area contributed by atoms with Crippen LogP contribution in [0.25, 0.3) is 0 Å². The number of hydrogen-bond donors (Lipinski definition) is 0. The summed E-state index contributed by atoms with van der Waals surface area (Å²) in [5.41, 5.74) is 1.73. The SMILES string of the molecule is CN1CCN(C2=Nc3ccccc3Oc3cccc(Cl)c32)CC1. The number of ether oxygens (including phenoxy) is 1. The third-order valence-corrected chi connectivity index (χ3v) is 4.63. The molecule has 4 rings (SSSR count). The van der Waals surface area contributed by atoms with E-state index < -0.39 is 0 Å². The maximum Gasteiger partial charge on any atom is 0.153 e. The predicted octanol–water partition coefficient (Wildman–Crippen LogP) is 3.77. The molecule has 0 N–H and O–H groups in total. The molecule has 1 saturated heterocycles. The zero-order valence-electron chi connectivity index (χ0n) is 13.0. The van der Waals surface area contributed by atoms with Crippen LogP contribution in [0.1, 0.15) is 5.56 Å². The van der Waals surface area contributed by atoms with E-state index in [2.05, 4.69) is 16.8 Å². The van der Waals surface area contributed by atoms with Crippen LogP contribution in [0.15, 0.2) is 47.5 Å². The van der Waals surface area contributed by atoms with Gasteiger partial charge in [0.25, 0.3) is 0 Å². The maximum atomic E-state index is 6.50. The first-order valence-corrected chi connectivity index (χ1v) is 8.18. The Hall–Kier alpha value is -2.04. The van der Waals surface area contributed by atoms with Crippen LogP contribution in [0.3, 0.4) is 0 Å². The highest BCUT2D eigenvalue weighted by Gasteiger charge is 2.26. The molecule has 0 spiro atoms. The molecule has 0 unspecified atom stereocenters. The van der Waals surface area contributed by atoms with E-state index in [1.54, 1.807) is 0 Å². The molecule has 0 amide bonds. The van der Waals surface area contributed by atoms with Crippen LogP contribution in [0.4, 0.5) is 5.69 Å². The van der Waals surface area contributed by atoms with Gasteiger partial charge in [0.1, 0.15) is 17.3 Å². The first kappa shape index (κ1) is 14.5. The van der Waals surface area contributed by atoms with Crippen molar-refractivity contribution < 1.29 is 4.74 Å². The van der Waals surface area contributed by atoms with Gasteiger partial charge in [-0.05, 0) is 31.3 Å². The Morgan fingerprint density at radius 2 is 1.70 bits per heavy atom. The minimum absolute atomic E-state index is 0.674. The fraction of sp³-hybridized carbons (Fsp3) is 0.278. The lowest BCUT2D eigenvalue weighted by Crippen LogP contribution is -2.47. The molecule has 5 heteroatoms. The second-order valence-electron chi connectivity index (χ2n) is 5.91. The van der Waals surface area contributed by atoms with Gasteiger partial charge in [-0.3, -0.25) is 0 Å². The summed E-state index contributed by atoms with van der Waals surface area (Å²) in [6.45, 7) is 3.90. The summed E-state index contributed by atoms with van der Waals surface area (Å²) in [4.78, 5) is 9.53. The average molecular weight is 328 g/mol. The summed E-state index contributed by atoms with van der Waals surface area (Å²) in [5, 5.41) is 0.674. The Balaban J connectivity index is 1.86. The molecule has 4 nitrogen and oxygen atoms in total. The standard InChI is InChI=1S/C18H18ClN3O/c1-21-9-11-22(12-10-21)18-17-13(19)5-4-8-16(17)23-15-7-3-2-6-14(15)20-18/h2-8H,9-12H2,1H3. The van der Waals surface area contributed by atoms with Gasteiger partial charge >= 0.3 is 0 Å². The van der Waals surface area contributed by atoms with Crippen molar-refractivity contribution in [2.45, 2.75) is 0 Å². The lowest BCUT2D eigenvalue weighted by molar-refractivity contribution is 0.215. The van der Waals surface area contributed by atoms with Crippen molar-refractivity contribution in [2.75, 3.05) is 33.2 Å². The molecule has 23 heavy (non-hydrogen) atoms. The van der Waals surface area contributed by atoms with Gasteiger partial charge in [0, 0.05) is 26.2 Å². The minimum atomic E-state index is 0.674. The lowest BCUT2D eigenvalue weighted by Gasteiger charge is -2.34. The molecule has 2 aliphatic rings. The first-order chi connectivity index (χ1) is 11.2. The Kier molecular flexibility index (Phi) is 3.71. The number of fused-ring (bicyclic) bond motifs is 2. The lowest BCUT2D eigenvalue weighted by atomic mass is 10.1. The molecule has 1 fully saturated rings. The first-order valence-electron chi connectivity index (χ1n) is 7.80. The average Bonchev–Trinajstić information content (AvgIpc) is 2.73. The van der Waals surface area contributed by atoms with Crippen molar-refractivity contribution in [3.05, 3.63) is 53.1 Å². The molecule has 0 aliphatic carbocycles. The van der Waals surface area contributed by atoms with Crippen molar-refractivity contribution in [3.8, 4) is 11.5 Å². The Morgan fingerprint density at radius 1 is 0.957 bits per heavy atom. The van der Waals surface area contributed by atoms with Gasteiger partial charge in [-0.25, -0.2) is 4.99 Å². The number of rotatable bonds is 0. The summed E-state index contributed by atoms with van der Waals surface area (Å²) < 4.78 is 6.09. The fourth-order valence-corrected chi connectivity index (χ4v) is 3.23. The molecule has 2 aliphatic heterocycles. The summed E-state index contributed by atoms with van der Waals surface area (Å²) in [6.07, 6.45) is 0. The van der Waals surface area contributed by atoms with Crippen LogP contribution in [-0.2, 0) is 0 Å². The molecule has 0 saturated carbocycles. The Bertz CT molecular complexity index is 767. The summed E-state index contributed by atoms with van der Waals surface area (Å²) >= 11 is 6.50. The maximum absolute atomic E-state index is 6.50. The van der Waals surface area contributed by atoms with Crippen LogP contribution in [0, 0.1) is 0 Å². The Morgan fingerprint density at radius 3 is 2.52 bits per heavy atom. The molecule has 118 valence electrons. The van der Waals surface area contributed by atoms with Gasteiger partial charge in [0.05, 0.1) is 10.6 Å². The molecular formula is C18H18ClN3O. The van der Waals surface area contributed by atoms with Gasteiger partial charge in [0.15, 0.2) is 5.75 Å². The highest BCUT2D eigenvalue weighted by molar-refractivity contribution is 6.34. The van der Waals surface area contributed by atoms with Crippen LogP contribution >= 0.6 is 11.6 Å². The third-order valence-electron chi connectivity index (χ3n) is 4.31. The van der Waals surface area contributed by atoms with Crippen LogP contribution in [0.5, 0.6) is 11.5 Å². The van der Waals surface area contributed by atoms with Crippen molar-refractivity contribution >= 4 is 23.1 Å². The normalized spacial score (nSPS) is 17.7. The number of halogens is 1. The molecule has 0 radical (unpaired) electrons. The van der Waals surface area contributed by atoms with Gasteiger partial charge in [-0.15, -0.1) is 0 Å². The minimum Gasteiger partial charge on any atom is -0.454 e. The summed E-state index contributed by atoms with van der Waals surface area (Å²) in [5.74, 6) is 2.43. The van der Waals surface area contributed by atoms with Crippen LogP contribution in [-0.4, -0.2) is 48.9 Å². The van der Waals surface area contributed by atoms with Gasteiger partial charge in [-0.2, -0.15) is 0 Å². The highest BCUT2D eigenvalue weighted by Crippen LogP contribution is 2.40. The van der Waals surface area contributed by atoms with E-state index in [9.17, 15) is 0 Å². The molecule has 0 aromatic heterocycles. The molecule has 0 atom stereocenters. The number of amidine groups is 1. The molecular weight excluding hydrogens is 310 g/mol. The largest absolute Gasteiger partial charge is 0.454 e. The zero-order chi connectivity index (χ0) is 15.8. The summed E-state index contributed by atoms with van der Waals surface area (Å²) in [6, 6.07) is 13.6. The molecule has 2 aromatic carbocycles. The number of hydrogen-bond acceptors (Lipinski definition) is 4. The second-order valence-corrected chi connectivity index (χ2v) is 6.32. The number of piperazine rings is 1. The number of likely N-dealkylation sites (N-methyl/N-ethyl adjacent to an activating group) is 1. The number of benzene rings is 2. The van der Waals surface area contributed by atoms with E-state index in [1.165, 1.54) is 0 Å². The van der Waals surface area contributed by atoms with Crippen molar-refractivity contribution in [3.63, 3.8) is 0 Å². The van der Waals surface area contributed by atoms with E-state index in [1.807, 2.05) is 42.5 Å². The van der Waals surface area contributed by atoms with Crippen LogP contribution < -0.4 is 4.74 Å². The summed E-state index contributed by atoms with van der Waals surface area (Å²) in [7, 11) is 2.14. The van der Waals surface area contributed by atoms with E-state index >= 15 is 0 Å². The van der Waals surface area contributed by atoms with Gasteiger partial charge in [-0.1, -0.05) is 29.8 Å². The molecule has 0 bridgehead atoms. The zero-order valence-corrected chi connectivity index (χ0v) is 13.8. The van der Waals surface area contributed by atoms with E-state index in [0.717, 1.165) is 54.8 Å². The van der Waals surface area contributed by atoms with Crippen molar-refractivity contribution in [2.24, 2.45) is 4.99 Å². The molecule has 2 aromatic rings. The number of aliphatic imine (C=N–C) groups is 1. The quantitative estimate of drug-likeness (QED) is 0.737. The third kappa shape index (κ3) is 2.69. The number of nitrogens with zero attached hydrogens (tertiary/aromatic N) is 3. The van der Waals surface area contributed by atoms with Gasteiger partial charge in [0.2, 0.25) is 0 Å². The second kappa shape index (κ2) is 5.87. The monoisotopic (exact) mass is 327 g/mol. The van der Waals surface area contributed by atoms with Gasteiger partial charge < -0.3 is 14.5 Å².